The SMILES string of the molecule is CCc1ccc(OCCn2ccc(N)n2)c(C(C)(C)C)c1. The second-order valence-corrected chi connectivity index (χ2v) is 6.29. The third-order valence-electron chi connectivity index (χ3n) is 3.50. The molecule has 2 rings (SSSR count). The van der Waals surface area contributed by atoms with Gasteiger partial charge in [-0.05, 0) is 35.1 Å². The predicted molar refractivity (Wildman–Crippen MR) is 86.7 cm³/mol. The van der Waals surface area contributed by atoms with Crippen LogP contribution in [0.1, 0.15) is 38.8 Å². The van der Waals surface area contributed by atoms with Gasteiger partial charge >= 0.3 is 0 Å². The van der Waals surface area contributed by atoms with Crippen molar-refractivity contribution >= 4 is 5.82 Å². The van der Waals surface area contributed by atoms with Crippen LogP contribution in [-0.2, 0) is 18.4 Å². The van der Waals surface area contributed by atoms with E-state index in [0.29, 0.717) is 19.0 Å². The molecule has 1 aromatic carbocycles. The molecule has 0 aliphatic carbocycles. The maximum atomic E-state index is 5.97. The van der Waals surface area contributed by atoms with E-state index >= 15 is 0 Å². The van der Waals surface area contributed by atoms with E-state index < -0.39 is 0 Å². The summed E-state index contributed by atoms with van der Waals surface area (Å²) < 4.78 is 7.77. The molecule has 0 aliphatic rings. The van der Waals surface area contributed by atoms with E-state index in [9.17, 15) is 0 Å². The van der Waals surface area contributed by atoms with Crippen LogP contribution in [0.3, 0.4) is 0 Å². The molecule has 0 atom stereocenters. The number of anilines is 1. The van der Waals surface area contributed by atoms with Crippen LogP contribution in [0.15, 0.2) is 30.5 Å². The van der Waals surface area contributed by atoms with Crippen molar-refractivity contribution in [3.05, 3.63) is 41.6 Å². The summed E-state index contributed by atoms with van der Waals surface area (Å²) in [5, 5.41) is 4.15. The summed E-state index contributed by atoms with van der Waals surface area (Å²) in [4.78, 5) is 0. The van der Waals surface area contributed by atoms with Crippen LogP contribution in [0.5, 0.6) is 5.75 Å². The lowest BCUT2D eigenvalue weighted by molar-refractivity contribution is 0.284. The molecule has 21 heavy (non-hydrogen) atoms. The molecule has 0 aliphatic heterocycles. The van der Waals surface area contributed by atoms with Gasteiger partial charge in [0.2, 0.25) is 0 Å². The van der Waals surface area contributed by atoms with Gasteiger partial charge in [0.25, 0.3) is 0 Å². The summed E-state index contributed by atoms with van der Waals surface area (Å²) >= 11 is 0. The number of rotatable bonds is 5. The number of aromatic nitrogens is 2. The van der Waals surface area contributed by atoms with E-state index in [4.69, 9.17) is 10.5 Å². The first-order valence-corrected chi connectivity index (χ1v) is 7.45. The maximum absolute atomic E-state index is 5.97. The highest BCUT2D eigenvalue weighted by Gasteiger charge is 2.19. The molecule has 0 bridgehead atoms. The summed E-state index contributed by atoms with van der Waals surface area (Å²) in [5.74, 6) is 1.50. The zero-order valence-electron chi connectivity index (χ0n) is 13.4. The van der Waals surface area contributed by atoms with Crippen LogP contribution in [0.25, 0.3) is 0 Å². The quantitative estimate of drug-likeness (QED) is 0.917. The Morgan fingerprint density at radius 1 is 1.24 bits per heavy atom. The minimum atomic E-state index is 0.0661. The number of ether oxygens (including phenoxy) is 1. The fraction of sp³-hybridized carbons (Fsp3) is 0.471. The first-order valence-electron chi connectivity index (χ1n) is 7.45. The molecular formula is C17H25N3O. The van der Waals surface area contributed by atoms with Gasteiger partial charge in [-0.2, -0.15) is 5.10 Å². The predicted octanol–water partition coefficient (Wildman–Crippen LogP) is 3.40. The molecule has 2 aromatic rings. The first-order chi connectivity index (χ1) is 9.90. The number of nitrogen functional groups attached to an aromatic ring is 1. The largest absolute Gasteiger partial charge is 0.491 e. The standard InChI is InChI=1S/C17H25N3O/c1-5-13-6-7-15(14(12-13)17(2,3)4)21-11-10-20-9-8-16(18)19-20/h6-9,12H,5,10-11H2,1-4H3,(H2,18,19). The van der Waals surface area contributed by atoms with Gasteiger partial charge in [-0.3, -0.25) is 4.68 Å². The number of nitrogens with two attached hydrogens (primary N) is 1. The minimum Gasteiger partial charge on any atom is -0.491 e. The lowest BCUT2D eigenvalue weighted by Crippen LogP contribution is -2.16. The Hall–Kier alpha value is -1.97. The fourth-order valence-electron chi connectivity index (χ4n) is 2.26. The summed E-state index contributed by atoms with van der Waals surface area (Å²) in [6, 6.07) is 8.26. The lowest BCUT2D eigenvalue weighted by Gasteiger charge is -2.23. The van der Waals surface area contributed by atoms with Crippen LogP contribution in [-0.4, -0.2) is 16.4 Å². The van der Waals surface area contributed by atoms with E-state index in [1.807, 2.05) is 6.20 Å². The molecule has 4 nitrogen and oxygen atoms in total. The Morgan fingerprint density at radius 3 is 2.57 bits per heavy atom. The number of hydrogen-bond acceptors (Lipinski definition) is 3. The van der Waals surface area contributed by atoms with Crippen molar-refractivity contribution in [3.8, 4) is 5.75 Å². The maximum Gasteiger partial charge on any atom is 0.145 e. The summed E-state index contributed by atoms with van der Waals surface area (Å²) in [7, 11) is 0. The molecule has 4 heteroatoms. The van der Waals surface area contributed by atoms with Gasteiger partial charge in [-0.15, -0.1) is 0 Å². The smallest absolute Gasteiger partial charge is 0.145 e. The Morgan fingerprint density at radius 2 is 2.00 bits per heavy atom. The van der Waals surface area contributed by atoms with Crippen molar-refractivity contribution in [1.29, 1.82) is 0 Å². The minimum absolute atomic E-state index is 0.0661. The van der Waals surface area contributed by atoms with Gasteiger partial charge in [-0.25, -0.2) is 0 Å². The third-order valence-corrected chi connectivity index (χ3v) is 3.50. The van der Waals surface area contributed by atoms with E-state index in [0.717, 1.165) is 12.2 Å². The summed E-state index contributed by atoms with van der Waals surface area (Å²) in [6.45, 7) is 10.1. The fourth-order valence-corrected chi connectivity index (χ4v) is 2.26. The first kappa shape index (κ1) is 15.4. The topological polar surface area (TPSA) is 53.1 Å². The molecule has 0 saturated carbocycles. The van der Waals surface area contributed by atoms with Gasteiger partial charge < -0.3 is 10.5 Å². The van der Waals surface area contributed by atoms with E-state index in [1.54, 1.807) is 10.7 Å². The van der Waals surface area contributed by atoms with Crippen LogP contribution in [0, 0.1) is 0 Å². The molecular weight excluding hydrogens is 262 g/mol. The van der Waals surface area contributed by atoms with Gasteiger partial charge in [0, 0.05) is 6.20 Å². The van der Waals surface area contributed by atoms with Crippen molar-refractivity contribution in [2.24, 2.45) is 0 Å². The average Bonchev–Trinajstić information content (AvgIpc) is 2.83. The van der Waals surface area contributed by atoms with E-state index in [-0.39, 0.29) is 5.41 Å². The third kappa shape index (κ3) is 4.00. The second-order valence-electron chi connectivity index (χ2n) is 6.29. The van der Waals surface area contributed by atoms with Crippen molar-refractivity contribution in [2.45, 2.75) is 46.1 Å². The Balaban J connectivity index is 2.08. The summed E-state index contributed by atoms with van der Waals surface area (Å²) in [5.41, 5.74) is 8.26. The van der Waals surface area contributed by atoms with Crippen molar-refractivity contribution in [1.82, 2.24) is 9.78 Å². The molecule has 1 aromatic heterocycles. The molecule has 0 unspecified atom stereocenters. The second kappa shape index (κ2) is 6.20. The lowest BCUT2D eigenvalue weighted by atomic mass is 9.85. The molecule has 2 N–H and O–H groups in total. The van der Waals surface area contributed by atoms with E-state index in [1.165, 1.54) is 11.1 Å². The van der Waals surface area contributed by atoms with Crippen molar-refractivity contribution in [2.75, 3.05) is 12.3 Å². The number of hydrogen-bond donors (Lipinski definition) is 1. The number of nitrogens with zero attached hydrogens (tertiary/aromatic N) is 2. The van der Waals surface area contributed by atoms with Gasteiger partial charge in [0.15, 0.2) is 0 Å². The van der Waals surface area contributed by atoms with Crippen molar-refractivity contribution in [3.63, 3.8) is 0 Å². The van der Waals surface area contributed by atoms with Crippen LogP contribution >= 0.6 is 0 Å². The normalized spacial score (nSPS) is 11.6. The highest BCUT2D eigenvalue weighted by atomic mass is 16.5. The zero-order chi connectivity index (χ0) is 15.5. The Bertz CT molecular complexity index is 596. The molecule has 0 spiro atoms. The number of aryl methyl sites for hydroxylation is 1. The van der Waals surface area contributed by atoms with Gasteiger partial charge in [0.05, 0.1) is 6.54 Å². The Kier molecular flexibility index (Phi) is 4.56. The van der Waals surface area contributed by atoms with Gasteiger partial charge in [-0.1, -0.05) is 39.8 Å². The highest BCUT2D eigenvalue weighted by molar-refractivity contribution is 5.41. The van der Waals surface area contributed by atoms with Crippen molar-refractivity contribution < 1.29 is 4.74 Å². The van der Waals surface area contributed by atoms with Gasteiger partial charge in [0.1, 0.15) is 18.2 Å². The molecule has 1 heterocycles. The molecule has 0 amide bonds. The molecule has 0 saturated heterocycles. The zero-order valence-corrected chi connectivity index (χ0v) is 13.4. The molecule has 114 valence electrons. The molecule has 0 fully saturated rings. The highest BCUT2D eigenvalue weighted by Crippen LogP contribution is 2.32. The van der Waals surface area contributed by atoms with E-state index in [2.05, 4.69) is 51.0 Å². The molecule has 0 radical (unpaired) electrons. The summed E-state index contributed by atoms with van der Waals surface area (Å²) in [6.07, 6.45) is 2.90. The van der Waals surface area contributed by atoms with Crippen LogP contribution < -0.4 is 10.5 Å². The average molecular weight is 287 g/mol. The van der Waals surface area contributed by atoms with Crippen LogP contribution in [0.4, 0.5) is 5.82 Å². The number of benzene rings is 1. The van der Waals surface area contributed by atoms with Crippen LogP contribution in [0.2, 0.25) is 0 Å². The monoisotopic (exact) mass is 287 g/mol. The Labute approximate surface area is 126 Å².